The fourth-order valence-corrected chi connectivity index (χ4v) is 3.83. The summed E-state index contributed by atoms with van der Waals surface area (Å²) in [6.45, 7) is 0. The van der Waals surface area contributed by atoms with Crippen molar-refractivity contribution >= 4 is 16.3 Å². The molecule has 0 unspecified atom stereocenters. The third kappa shape index (κ3) is 2.86. The van der Waals surface area contributed by atoms with Gasteiger partial charge in [-0.15, -0.1) is 0 Å². The standard InChI is InChI=1S/C24H15F3N2/c25-24(26,27)18-11-12-19-20(15-18)22(16-7-3-1-4-8-16)23(17-9-5-2-6-10-17)29-21(19)13-14-28-29/h1-15H. The van der Waals surface area contributed by atoms with Crippen molar-refractivity contribution in [2.24, 2.45) is 0 Å². The number of pyridine rings is 1. The summed E-state index contributed by atoms with van der Waals surface area (Å²) in [7, 11) is 0. The van der Waals surface area contributed by atoms with Gasteiger partial charge >= 0.3 is 6.18 Å². The van der Waals surface area contributed by atoms with E-state index in [-0.39, 0.29) is 0 Å². The molecule has 0 N–H and O–H groups in total. The van der Waals surface area contributed by atoms with Crippen LogP contribution in [0.3, 0.4) is 0 Å². The van der Waals surface area contributed by atoms with Gasteiger partial charge in [-0.25, -0.2) is 4.52 Å². The van der Waals surface area contributed by atoms with Gasteiger partial charge in [-0.1, -0.05) is 66.7 Å². The summed E-state index contributed by atoms with van der Waals surface area (Å²) in [6.07, 6.45) is -2.74. The lowest BCUT2D eigenvalue weighted by Gasteiger charge is -2.18. The summed E-state index contributed by atoms with van der Waals surface area (Å²) < 4.78 is 42.3. The number of fused-ring (bicyclic) bond motifs is 3. The van der Waals surface area contributed by atoms with Crippen LogP contribution in [0.25, 0.3) is 38.7 Å². The molecule has 2 nitrogen and oxygen atoms in total. The molecule has 5 aromatic rings. The molecule has 0 aliphatic heterocycles. The van der Waals surface area contributed by atoms with Crippen LogP contribution in [-0.4, -0.2) is 9.61 Å². The van der Waals surface area contributed by atoms with Crippen LogP contribution in [0.1, 0.15) is 5.56 Å². The number of aromatic nitrogens is 2. The predicted octanol–water partition coefficient (Wildman–Crippen LogP) is 6.84. The van der Waals surface area contributed by atoms with E-state index in [0.29, 0.717) is 5.39 Å². The van der Waals surface area contributed by atoms with Crippen molar-refractivity contribution in [2.75, 3.05) is 0 Å². The molecule has 0 amide bonds. The van der Waals surface area contributed by atoms with Crippen molar-refractivity contribution in [1.29, 1.82) is 0 Å². The average molecular weight is 388 g/mol. The maximum absolute atomic E-state index is 13.5. The lowest BCUT2D eigenvalue weighted by atomic mass is 9.92. The summed E-state index contributed by atoms with van der Waals surface area (Å²) >= 11 is 0. The number of hydrogen-bond acceptors (Lipinski definition) is 1. The molecule has 3 aromatic carbocycles. The van der Waals surface area contributed by atoms with E-state index in [9.17, 15) is 13.2 Å². The van der Waals surface area contributed by atoms with Crippen molar-refractivity contribution in [3.05, 3.63) is 96.7 Å². The predicted molar refractivity (Wildman–Crippen MR) is 109 cm³/mol. The molecule has 2 heterocycles. The highest BCUT2D eigenvalue weighted by Gasteiger charge is 2.31. The Labute approximate surface area is 164 Å². The van der Waals surface area contributed by atoms with Crippen LogP contribution in [-0.2, 0) is 6.18 Å². The first kappa shape index (κ1) is 17.5. The zero-order chi connectivity index (χ0) is 20.0. The monoisotopic (exact) mass is 388 g/mol. The van der Waals surface area contributed by atoms with Crippen LogP contribution in [0.4, 0.5) is 13.2 Å². The minimum absolute atomic E-state index is 0.554. The Bertz CT molecular complexity index is 1320. The zero-order valence-electron chi connectivity index (χ0n) is 15.2. The SMILES string of the molecule is FC(F)(F)c1ccc2c(c1)c(-c1ccccc1)c(-c1ccccc1)n1nccc21. The maximum Gasteiger partial charge on any atom is 0.416 e. The first-order chi connectivity index (χ1) is 14.0. The Morgan fingerprint density at radius 2 is 1.34 bits per heavy atom. The van der Waals surface area contributed by atoms with E-state index >= 15 is 0 Å². The summed E-state index contributed by atoms with van der Waals surface area (Å²) in [5.41, 5.74) is 3.34. The molecule has 0 saturated carbocycles. The van der Waals surface area contributed by atoms with E-state index in [0.717, 1.165) is 39.4 Å². The first-order valence-corrected chi connectivity index (χ1v) is 9.15. The van der Waals surface area contributed by atoms with E-state index in [1.165, 1.54) is 12.1 Å². The molecule has 0 radical (unpaired) electrons. The minimum Gasteiger partial charge on any atom is -0.232 e. The summed E-state index contributed by atoms with van der Waals surface area (Å²) in [5, 5.41) is 5.78. The number of hydrogen-bond donors (Lipinski definition) is 0. The lowest BCUT2D eigenvalue weighted by molar-refractivity contribution is -0.137. The van der Waals surface area contributed by atoms with Crippen LogP contribution in [0, 0.1) is 0 Å². The van der Waals surface area contributed by atoms with Gasteiger partial charge in [-0.05, 0) is 29.1 Å². The van der Waals surface area contributed by atoms with Crippen molar-refractivity contribution in [2.45, 2.75) is 6.18 Å². The van der Waals surface area contributed by atoms with E-state index < -0.39 is 11.7 Å². The van der Waals surface area contributed by atoms with E-state index in [1.807, 2.05) is 71.2 Å². The van der Waals surface area contributed by atoms with E-state index in [4.69, 9.17) is 0 Å². The van der Waals surface area contributed by atoms with Crippen molar-refractivity contribution < 1.29 is 13.2 Å². The molecule has 0 fully saturated rings. The normalized spacial score (nSPS) is 12.0. The topological polar surface area (TPSA) is 17.3 Å². The number of rotatable bonds is 2. The third-order valence-corrected chi connectivity index (χ3v) is 5.09. The van der Waals surface area contributed by atoms with Crippen LogP contribution in [0.2, 0.25) is 0 Å². The van der Waals surface area contributed by atoms with Gasteiger partial charge in [0.2, 0.25) is 0 Å². The van der Waals surface area contributed by atoms with Gasteiger partial charge < -0.3 is 0 Å². The first-order valence-electron chi connectivity index (χ1n) is 9.15. The number of halogens is 3. The van der Waals surface area contributed by atoms with Gasteiger partial charge in [0.25, 0.3) is 0 Å². The molecule has 0 aliphatic rings. The van der Waals surface area contributed by atoms with Crippen LogP contribution in [0.15, 0.2) is 91.1 Å². The second-order valence-electron chi connectivity index (χ2n) is 6.84. The van der Waals surface area contributed by atoms with Crippen molar-refractivity contribution in [3.8, 4) is 22.4 Å². The minimum atomic E-state index is -4.42. The molecule has 0 atom stereocenters. The molecule has 142 valence electrons. The molecule has 2 aromatic heterocycles. The Morgan fingerprint density at radius 1 is 0.690 bits per heavy atom. The Morgan fingerprint density at radius 3 is 2.00 bits per heavy atom. The largest absolute Gasteiger partial charge is 0.416 e. The highest BCUT2D eigenvalue weighted by Crippen LogP contribution is 2.42. The molecule has 0 saturated heterocycles. The van der Waals surface area contributed by atoms with Gasteiger partial charge in [0.05, 0.1) is 23.0 Å². The lowest BCUT2D eigenvalue weighted by Crippen LogP contribution is -2.06. The third-order valence-electron chi connectivity index (χ3n) is 5.09. The van der Waals surface area contributed by atoms with Crippen molar-refractivity contribution in [1.82, 2.24) is 9.61 Å². The van der Waals surface area contributed by atoms with Crippen LogP contribution in [0.5, 0.6) is 0 Å². The second-order valence-corrected chi connectivity index (χ2v) is 6.84. The molecular formula is C24H15F3N2. The fourth-order valence-electron chi connectivity index (χ4n) is 3.83. The van der Waals surface area contributed by atoms with Gasteiger partial charge in [0, 0.05) is 16.5 Å². The van der Waals surface area contributed by atoms with Gasteiger partial charge in [-0.2, -0.15) is 18.3 Å². The van der Waals surface area contributed by atoms with Gasteiger partial charge in [-0.3, -0.25) is 0 Å². The molecule has 5 rings (SSSR count). The number of benzene rings is 3. The fraction of sp³-hybridized carbons (Fsp3) is 0.0417. The highest BCUT2D eigenvalue weighted by atomic mass is 19.4. The van der Waals surface area contributed by atoms with Crippen LogP contribution < -0.4 is 0 Å². The Balaban J connectivity index is 2.01. The highest BCUT2D eigenvalue weighted by molar-refractivity contribution is 6.09. The Hall–Kier alpha value is -3.60. The quantitative estimate of drug-likeness (QED) is 0.324. The second kappa shape index (κ2) is 6.48. The molecule has 0 bridgehead atoms. The number of alkyl halides is 3. The summed E-state index contributed by atoms with van der Waals surface area (Å²) in [6, 6.07) is 24.9. The molecular weight excluding hydrogens is 373 g/mol. The van der Waals surface area contributed by atoms with E-state index in [1.54, 1.807) is 6.20 Å². The molecule has 0 spiro atoms. The smallest absolute Gasteiger partial charge is 0.232 e. The number of nitrogens with zero attached hydrogens (tertiary/aromatic N) is 2. The average Bonchev–Trinajstić information content (AvgIpc) is 3.23. The maximum atomic E-state index is 13.5. The van der Waals surface area contributed by atoms with Crippen molar-refractivity contribution in [3.63, 3.8) is 0 Å². The van der Waals surface area contributed by atoms with Crippen LogP contribution >= 0.6 is 0 Å². The Kier molecular flexibility index (Phi) is 3.91. The molecule has 5 heteroatoms. The van der Waals surface area contributed by atoms with Gasteiger partial charge in [0.15, 0.2) is 0 Å². The zero-order valence-corrected chi connectivity index (χ0v) is 15.2. The van der Waals surface area contributed by atoms with Gasteiger partial charge in [0.1, 0.15) is 0 Å². The summed E-state index contributed by atoms with van der Waals surface area (Å²) in [4.78, 5) is 0. The van der Waals surface area contributed by atoms with E-state index in [2.05, 4.69) is 5.10 Å². The molecule has 29 heavy (non-hydrogen) atoms. The molecule has 0 aliphatic carbocycles. The summed E-state index contributed by atoms with van der Waals surface area (Å²) in [5.74, 6) is 0.